The lowest BCUT2D eigenvalue weighted by molar-refractivity contribution is 0.442. The molecule has 4 N–H and O–H groups in total. The highest BCUT2D eigenvalue weighted by Crippen LogP contribution is 2.47. The lowest BCUT2D eigenvalue weighted by Gasteiger charge is -2.21. The third-order valence-corrected chi connectivity index (χ3v) is 7.12. The van der Waals surface area contributed by atoms with Gasteiger partial charge in [0.2, 0.25) is 0 Å². The van der Waals surface area contributed by atoms with Gasteiger partial charge in [0.05, 0.1) is 22.8 Å². The average Bonchev–Trinajstić information content (AvgIpc) is 3.33. The molecular formula is C23H22FN11O. The van der Waals surface area contributed by atoms with Crippen LogP contribution in [0.15, 0.2) is 30.6 Å². The van der Waals surface area contributed by atoms with Crippen LogP contribution in [0.5, 0.6) is 11.8 Å². The van der Waals surface area contributed by atoms with E-state index in [0.717, 1.165) is 24.0 Å². The van der Waals surface area contributed by atoms with Crippen LogP contribution in [-0.2, 0) is 7.05 Å². The van der Waals surface area contributed by atoms with E-state index >= 15 is 0 Å². The molecule has 2 fully saturated rings. The quantitative estimate of drug-likeness (QED) is 0.336. The fraction of sp³-hybridized carbons (Fsp3) is 0.304. The Morgan fingerprint density at radius 1 is 1.17 bits per heavy atom. The van der Waals surface area contributed by atoms with E-state index in [9.17, 15) is 4.39 Å². The number of aryl methyl sites for hydroxylation is 1. The number of H-pyrrole nitrogens is 1. The summed E-state index contributed by atoms with van der Waals surface area (Å²) in [7, 11) is 3.50. The predicted octanol–water partition coefficient (Wildman–Crippen LogP) is 2.06. The van der Waals surface area contributed by atoms with Crippen LogP contribution in [0.2, 0.25) is 0 Å². The number of hydrogen-bond donors (Lipinski definition) is 3. The summed E-state index contributed by atoms with van der Waals surface area (Å²) in [5.74, 6) is 2.21. The summed E-state index contributed by atoms with van der Waals surface area (Å²) < 4.78 is 22.1. The molecule has 5 heterocycles. The van der Waals surface area contributed by atoms with E-state index in [1.165, 1.54) is 12.1 Å². The highest BCUT2D eigenvalue weighted by atomic mass is 19.1. The van der Waals surface area contributed by atoms with Gasteiger partial charge in [-0.05, 0) is 40.5 Å². The molecule has 1 saturated carbocycles. The molecule has 2 aliphatic rings. The van der Waals surface area contributed by atoms with Gasteiger partial charge in [0.25, 0.3) is 0 Å². The summed E-state index contributed by atoms with van der Waals surface area (Å²) in [6, 6.07) is 5.11. The van der Waals surface area contributed by atoms with Crippen molar-refractivity contribution in [3.8, 4) is 23.1 Å². The molecule has 1 unspecified atom stereocenters. The van der Waals surface area contributed by atoms with Gasteiger partial charge in [-0.2, -0.15) is 9.97 Å². The standard InChI is InChI=1S/C23H22FN11O/c1-26-16-5-11(24)4-13-17-20(28-19(13)16)29-23(30-22(17)35-8-14-15(9-35)18(14)25)36-12-3-10(6-27-7-12)21-31-32-33-34(21)2/h3-7,14-15,18,26H,8-9,25H2,1-2H3,(H,28,29,30)/t14-,15+,18?. The zero-order chi connectivity index (χ0) is 24.6. The normalized spacial score (nSPS) is 20.8. The maximum atomic E-state index is 14.5. The first-order valence-electron chi connectivity index (χ1n) is 11.6. The number of halogens is 1. The molecule has 5 aromatic rings. The van der Waals surface area contributed by atoms with E-state index in [1.807, 2.05) is 0 Å². The van der Waals surface area contributed by atoms with Crippen molar-refractivity contribution in [2.75, 3.05) is 30.4 Å². The number of piperidine rings is 1. The first-order chi connectivity index (χ1) is 17.5. The zero-order valence-corrected chi connectivity index (χ0v) is 19.5. The summed E-state index contributed by atoms with van der Waals surface area (Å²) >= 11 is 0. The Balaban J connectivity index is 1.35. The van der Waals surface area contributed by atoms with Gasteiger partial charge >= 0.3 is 6.01 Å². The Kier molecular flexibility index (Phi) is 4.39. The minimum Gasteiger partial charge on any atom is -0.423 e. The number of nitrogens with two attached hydrogens (primary N) is 1. The van der Waals surface area contributed by atoms with Crippen molar-refractivity contribution in [2.45, 2.75) is 6.04 Å². The molecule has 1 saturated heterocycles. The Labute approximate surface area is 203 Å². The van der Waals surface area contributed by atoms with Crippen LogP contribution >= 0.6 is 0 Å². The SMILES string of the molecule is CNc1cc(F)cc2c1[nH]c1nc(Oc3cncc(-c4nnnn4C)c3)nc(N3C[C@@H]4C(N)[C@@H]4C3)c12. The van der Waals surface area contributed by atoms with Crippen LogP contribution in [0.4, 0.5) is 15.9 Å². The van der Waals surface area contributed by atoms with Crippen LogP contribution in [0.25, 0.3) is 33.3 Å². The van der Waals surface area contributed by atoms with Gasteiger partial charge in [-0.3, -0.25) is 4.98 Å². The second-order valence-corrected chi connectivity index (χ2v) is 9.25. The van der Waals surface area contributed by atoms with E-state index in [-0.39, 0.29) is 17.9 Å². The molecule has 12 nitrogen and oxygen atoms in total. The Hall–Kier alpha value is -4.39. The highest BCUT2D eigenvalue weighted by molar-refractivity contribution is 6.14. The number of ether oxygens (including phenoxy) is 1. The molecule has 1 aliphatic carbocycles. The van der Waals surface area contributed by atoms with Crippen LogP contribution < -0.4 is 20.7 Å². The van der Waals surface area contributed by atoms with Gasteiger partial charge in [-0.15, -0.1) is 5.10 Å². The van der Waals surface area contributed by atoms with Crippen molar-refractivity contribution >= 4 is 33.4 Å². The minimum atomic E-state index is -0.341. The van der Waals surface area contributed by atoms with Crippen molar-refractivity contribution in [1.82, 2.24) is 40.1 Å². The molecule has 4 aromatic heterocycles. The lowest BCUT2D eigenvalue weighted by atomic mass is 10.1. The van der Waals surface area contributed by atoms with Gasteiger partial charge in [0.15, 0.2) is 5.82 Å². The maximum Gasteiger partial charge on any atom is 0.326 e. The molecule has 36 heavy (non-hydrogen) atoms. The average molecular weight is 488 g/mol. The number of anilines is 2. The summed E-state index contributed by atoms with van der Waals surface area (Å²) in [5.41, 5.74) is 8.81. The van der Waals surface area contributed by atoms with Crippen molar-refractivity contribution in [2.24, 2.45) is 24.6 Å². The smallest absolute Gasteiger partial charge is 0.326 e. The van der Waals surface area contributed by atoms with Gasteiger partial charge < -0.3 is 25.7 Å². The second-order valence-electron chi connectivity index (χ2n) is 9.25. The topological polar surface area (TPSA) is 149 Å². The maximum absolute atomic E-state index is 14.5. The highest BCUT2D eigenvalue weighted by Gasteiger charge is 2.54. The minimum absolute atomic E-state index is 0.149. The van der Waals surface area contributed by atoms with Crippen molar-refractivity contribution in [3.05, 3.63) is 36.4 Å². The molecule has 182 valence electrons. The van der Waals surface area contributed by atoms with Gasteiger partial charge in [-0.25, -0.2) is 9.07 Å². The number of rotatable bonds is 5. The molecule has 0 bridgehead atoms. The molecule has 3 atom stereocenters. The first-order valence-corrected chi connectivity index (χ1v) is 11.6. The molecule has 7 rings (SSSR count). The Bertz CT molecular complexity index is 1630. The van der Waals surface area contributed by atoms with Crippen LogP contribution in [0.3, 0.4) is 0 Å². The zero-order valence-electron chi connectivity index (χ0n) is 19.5. The summed E-state index contributed by atoms with van der Waals surface area (Å²) in [6.45, 7) is 1.57. The first kappa shape index (κ1) is 20.9. The predicted molar refractivity (Wildman–Crippen MR) is 130 cm³/mol. The molecule has 0 amide bonds. The Morgan fingerprint density at radius 3 is 2.75 bits per heavy atom. The molecule has 0 spiro atoms. The van der Waals surface area contributed by atoms with E-state index in [1.54, 1.807) is 37.2 Å². The Morgan fingerprint density at radius 2 is 2.00 bits per heavy atom. The number of aromatic nitrogens is 8. The fourth-order valence-electron chi connectivity index (χ4n) is 5.22. The number of aromatic amines is 1. The number of nitrogens with one attached hydrogen (secondary N) is 2. The lowest BCUT2D eigenvalue weighted by Crippen LogP contribution is -2.29. The third kappa shape index (κ3) is 3.16. The summed E-state index contributed by atoms with van der Waals surface area (Å²) in [5, 5.41) is 16.1. The molecular weight excluding hydrogens is 465 g/mol. The molecule has 13 heteroatoms. The molecule has 1 aliphatic heterocycles. The van der Waals surface area contributed by atoms with Gasteiger partial charge in [0.1, 0.15) is 23.0 Å². The largest absolute Gasteiger partial charge is 0.423 e. The summed E-state index contributed by atoms with van der Waals surface area (Å²) in [6.07, 6.45) is 3.23. The molecule has 0 radical (unpaired) electrons. The molecule has 1 aromatic carbocycles. The van der Waals surface area contributed by atoms with Crippen molar-refractivity contribution in [3.63, 3.8) is 0 Å². The summed E-state index contributed by atoms with van der Waals surface area (Å²) in [4.78, 5) is 19.2. The number of tetrazole rings is 1. The second kappa shape index (κ2) is 7.55. The van der Waals surface area contributed by atoms with Crippen molar-refractivity contribution < 1.29 is 9.13 Å². The number of fused-ring (bicyclic) bond motifs is 4. The number of hydrogen-bond acceptors (Lipinski definition) is 10. The van der Waals surface area contributed by atoms with Gasteiger partial charge in [-0.1, -0.05) is 0 Å². The monoisotopic (exact) mass is 487 g/mol. The number of pyridine rings is 1. The van der Waals surface area contributed by atoms with Crippen LogP contribution in [0.1, 0.15) is 0 Å². The van der Waals surface area contributed by atoms with E-state index in [4.69, 9.17) is 15.5 Å². The fourth-order valence-corrected chi connectivity index (χ4v) is 5.22. The van der Waals surface area contributed by atoms with Gasteiger partial charge in [0, 0.05) is 50.4 Å². The van der Waals surface area contributed by atoms with Crippen molar-refractivity contribution in [1.29, 1.82) is 0 Å². The van der Waals surface area contributed by atoms with Crippen LogP contribution in [-0.4, -0.2) is 66.3 Å². The van der Waals surface area contributed by atoms with E-state index in [0.29, 0.717) is 51.5 Å². The third-order valence-electron chi connectivity index (χ3n) is 7.12. The van der Waals surface area contributed by atoms with E-state index < -0.39 is 0 Å². The number of benzene rings is 1. The van der Waals surface area contributed by atoms with E-state index in [2.05, 4.69) is 40.7 Å². The van der Waals surface area contributed by atoms with Crippen LogP contribution in [0, 0.1) is 17.7 Å². The number of nitrogens with zero attached hydrogens (tertiary/aromatic N) is 8.